The molecule has 0 radical (unpaired) electrons. The number of hydrogen-bond acceptors (Lipinski definition) is 3. The van der Waals surface area contributed by atoms with Crippen molar-refractivity contribution in [1.29, 1.82) is 0 Å². The van der Waals surface area contributed by atoms with Crippen molar-refractivity contribution in [3.63, 3.8) is 0 Å². The molecule has 0 aromatic heterocycles. The Balaban J connectivity index is 1.69. The van der Waals surface area contributed by atoms with Crippen molar-refractivity contribution in [3.05, 3.63) is 75.6 Å². The molecule has 0 saturated carbocycles. The number of rotatable bonds is 4. The van der Waals surface area contributed by atoms with Crippen LogP contribution in [0.25, 0.3) is 0 Å². The van der Waals surface area contributed by atoms with Gasteiger partial charge in [0.1, 0.15) is 5.82 Å². The molecular formula is C17H17FN2O2. The van der Waals surface area contributed by atoms with E-state index in [1.807, 2.05) is 18.2 Å². The van der Waals surface area contributed by atoms with Crippen molar-refractivity contribution in [2.45, 2.75) is 18.9 Å². The molecule has 1 aliphatic heterocycles. The second kappa shape index (κ2) is 6.23. The molecule has 1 heterocycles. The smallest absolute Gasteiger partial charge is 0.272 e. The largest absolute Gasteiger partial charge is 0.298 e. The van der Waals surface area contributed by atoms with Crippen molar-refractivity contribution in [2.24, 2.45) is 0 Å². The van der Waals surface area contributed by atoms with E-state index in [4.69, 9.17) is 0 Å². The quantitative estimate of drug-likeness (QED) is 0.638. The van der Waals surface area contributed by atoms with E-state index in [1.54, 1.807) is 6.07 Å². The highest BCUT2D eigenvalue weighted by Gasteiger charge is 2.26. The van der Waals surface area contributed by atoms with E-state index in [-0.39, 0.29) is 11.6 Å². The lowest BCUT2D eigenvalue weighted by molar-refractivity contribution is -0.385. The molecule has 1 aliphatic rings. The average molecular weight is 300 g/mol. The van der Waals surface area contributed by atoms with E-state index in [0.717, 1.165) is 32.1 Å². The van der Waals surface area contributed by atoms with Crippen molar-refractivity contribution >= 4 is 5.69 Å². The van der Waals surface area contributed by atoms with Crippen LogP contribution in [-0.2, 0) is 6.54 Å². The van der Waals surface area contributed by atoms with Crippen LogP contribution >= 0.6 is 0 Å². The molecule has 4 nitrogen and oxygen atoms in total. The molecule has 3 rings (SSSR count). The number of nitro groups is 1. The summed E-state index contributed by atoms with van der Waals surface area (Å²) in [5, 5.41) is 10.7. The van der Waals surface area contributed by atoms with Gasteiger partial charge in [0, 0.05) is 25.1 Å². The summed E-state index contributed by atoms with van der Waals surface area (Å²) in [5.41, 5.74) is 1.63. The Labute approximate surface area is 128 Å². The standard InChI is InChI=1S/C17H17FN2O2/c18-17-10-15(20(21)22)6-7-16(17)14-8-9-19(12-14)11-13-4-2-1-3-5-13/h1-7,10,14H,8-9,11-12H2/t14-/m1/s1. The maximum Gasteiger partial charge on any atom is 0.272 e. The third-order valence-corrected chi connectivity index (χ3v) is 4.16. The van der Waals surface area contributed by atoms with Crippen molar-refractivity contribution in [1.82, 2.24) is 4.90 Å². The summed E-state index contributed by atoms with van der Waals surface area (Å²) in [6.07, 6.45) is 0.877. The predicted octanol–water partition coefficient (Wildman–Crippen LogP) is 3.72. The first kappa shape index (κ1) is 14.7. The highest BCUT2D eigenvalue weighted by atomic mass is 19.1. The zero-order valence-corrected chi connectivity index (χ0v) is 12.1. The van der Waals surface area contributed by atoms with Gasteiger partial charge in [0.05, 0.1) is 11.0 Å². The van der Waals surface area contributed by atoms with Crippen LogP contribution in [0, 0.1) is 15.9 Å². The summed E-state index contributed by atoms with van der Waals surface area (Å²) >= 11 is 0. The number of hydrogen-bond donors (Lipinski definition) is 0. The molecule has 0 amide bonds. The van der Waals surface area contributed by atoms with Gasteiger partial charge in [-0.2, -0.15) is 0 Å². The first-order chi connectivity index (χ1) is 10.6. The van der Waals surface area contributed by atoms with Gasteiger partial charge in [-0.3, -0.25) is 15.0 Å². The van der Waals surface area contributed by atoms with Crippen LogP contribution in [-0.4, -0.2) is 22.9 Å². The van der Waals surface area contributed by atoms with Gasteiger partial charge < -0.3 is 0 Å². The van der Waals surface area contributed by atoms with Gasteiger partial charge in [-0.05, 0) is 30.2 Å². The van der Waals surface area contributed by atoms with Crippen LogP contribution in [0.5, 0.6) is 0 Å². The Bertz CT molecular complexity index is 676. The molecule has 2 aromatic rings. The molecule has 1 fully saturated rings. The fraction of sp³-hybridized carbons (Fsp3) is 0.294. The first-order valence-electron chi connectivity index (χ1n) is 7.33. The Morgan fingerprint density at radius 3 is 2.68 bits per heavy atom. The average Bonchev–Trinajstić information content (AvgIpc) is 2.96. The van der Waals surface area contributed by atoms with Crippen LogP contribution in [0.15, 0.2) is 48.5 Å². The normalized spacial score (nSPS) is 18.5. The molecule has 22 heavy (non-hydrogen) atoms. The lowest BCUT2D eigenvalue weighted by Gasteiger charge is -2.16. The van der Waals surface area contributed by atoms with Crippen molar-refractivity contribution in [3.8, 4) is 0 Å². The molecule has 1 saturated heterocycles. The molecule has 0 unspecified atom stereocenters. The number of nitrogens with zero attached hydrogens (tertiary/aromatic N) is 2. The van der Waals surface area contributed by atoms with Crippen LogP contribution < -0.4 is 0 Å². The maximum atomic E-state index is 14.1. The van der Waals surface area contributed by atoms with E-state index in [1.165, 1.54) is 11.6 Å². The number of halogens is 1. The van der Waals surface area contributed by atoms with Gasteiger partial charge in [0.2, 0.25) is 0 Å². The van der Waals surface area contributed by atoms with Crippen LogP contribution in [0.1, 0.15) is 23.5 Å². The summed E-state index contributed by atoms with van der Waals surface area (Å²) in [4.78, 5) is 12.4. The van der Waals surface area contributed by atoms with E-state index < -0.39 is 10.7 Å². The lowest BCUT2D eigenvalue weighted by atomic mass is 9.97. The van der Waals surface area contributed by atoms with E-state index >= 15 is 0 Å². The summed E-state index contributed by atoms with van der Waals surface area (Å²) in [6, 6.07) is 14.2. The SMILES string of the molecule is O=[N+]([O-])c1ccc([C@@H]2CCN(Cc3ccccc3)C2)c(F)c1. The zero-order chi connectivity index (χ0) is 15.5. The van der Waals surface area contributed by atoms with Crippen LogP contribution in [0.3, 0.4) is 0 Å². The highest BCUT2D eigenvalue weighted by Crippen LogP contribution is 2.31. The Hall–Kier alpha value is -2.27. The molecule has 0 spiro atoms. The molecule has 5 heteroatoms. The van der Waals surface area contributed by atoms with Crippen LogP contribution in [0.2, 0.25) is 0 Å². The number of nitro benzene ring substituents is 1. The maximum absolute atomic E-state index is 14.1. The van der Waals surface area contributed by atoms with Gasteiger partial charge in [-0.25, -0.2) is 4.39 Å². The molecule has 0 N–H and O–H groups in total. The second-order valence-corrected chi connectivity index (χ2v) is 5.67. The van der Waals surface area contributed by atoms with Gasteiger partial charge >= 0.3 is 0 Å². The number of likely N-dealkylation sites (tertiary alicyclic amines) is 1. The Kier molecular flexibility index (Phi) is 4.15. The minimum absolute atomic E-state index is 0.101. The van der Waals surface area contributed by atoms with Crippen molar-refractivity contribution in [2.75, 3.05) is 13.1 Å². The van der Waals surface area contributed by atoms with E-state index in [9.17, 15) is 14.5 Å². The monoisotopic (exact) mass is 300 g/mol. The van der Waals surface area contributed by atoms with E-state index in [2.05, 4.69) is 17.0 Å². The third-order valence-electron chi connectivity index (χ3n) is 4.16. The fourth-order valence-electron chi connectivity index (χ4n) is 3.03. The summed E-state index contributed by atoms with van der Waals surface area (Å²) in [5.74, 6) is -0.370. The highest BCUT2D eigenvalue weighted by molar-refractivity contribution is 5.36. The summed E-state index contributed by atoms with van der Waals surface area (Å²) in [6.45, 7) is 2.55. The number of benzene rings is 2. The molecule has 1 atom stereocenters. The number of non-ortho nitro benzene ring substituents is 1. The van der Waals surface area contributed by atoms with Gasteiger partial charge in [-0.1, -0.05) is 30.3 Å². The third kappa shape index (κ3) is 3.14. The van der Waals surface area contributed by atoms with Crippen LogP contribution in [0.4, 0.5) is 10.1 Å². The second-order valence-electron chi connectivity index (χ2n) is 5.67. The molecule has 114 valence electrons. The lowest BCUT2D eigenvalue weighted by Crippen LogP contribution is -2.19. The molecular weight excluding hydrogens is 283 g/mol. The van der Waals surface area contributed by atoms with Gasteiger partial charge in [0.15, 0.2) is 0 Å². The minimum atomic E-state index is -0.566. The topological polar surface area (TPSA) is 46.4 Å². The molecule has 0 bridgehead atoms. The summed E-state index contributed by atoms with van der Waals surface area (Å²) in [7, 11) is 0. The van der Waals surface area contributed by atoms with Crippen molar-refractivity contribution < 1.29 is 9.31 Å². The Morgan fingerprint density at radius 1 is 1.23 bits per heavy atom. The first-order valence-corrected chi connectivity index (χ1v) is 7.33. The zero-order valence-electron chi connectivity index (χ0n) is 12.1. The Morgan fingerprint density at radius 2 is 2.00 bits per heavy atom. The molecule has 2 aromatic carbocycles. The molecule has 0 aliphatic carbocycles. The van der Waals surface area contributed by atoms with Gasteiger partial charge in [-0.15, -0.1) is 0 Å². The van der Waals surface area contributed by atoms with Gasteiger partial charge in [0.25, 0.3) is 5.69 Å². The van der Waals surface area contributed by atoms with E-state index in [0.29, 0.717) is 5.56 Å². The minimum Gasteiger partial charge on any atom is -0.298 e. The predicted molar refractivity (Wildman–Crippen MR) is 82.1 cm³/mol. The fourth-order valence-corrected chi connectivity index (χ4v) is 3.03. The summed E-state index contributed by atoms with van der Waals surface area (Å²) < 4.78 is 14.1.